The number of ether oxygens (including phenoxy) is 3. The van der Waals surface area contributed by atoms with E-state index in [-0.39, 0.29) is 31.8 Å². The molecule has 1 saturated heterocycles. The Morgan fingerprint density at radius 1 is 0.895 bits per heavy atom. The van der Waals surface area contributed by atoms with E-state index < -0.39 is 28.1 Å². The van der Waals surface area contributed by atoms with Gasteiger partial charge in [0.2, 0.25) is 0 Å². The number of benzene rings is 3. The highest BCUT2D eigenvalue weighted by Crippen LogP contribution is 2.37. The summed E-state index contributed by atoms with van der Waals surface area (Å²) in [6.45, 7) is 19.6. The summed E-state index contributed by atoms with van der Waals surface area (Å²) in [4.78, 5) is 21.9. The van der Waals surface area contributed by atoms with Crippen molar-refractivity contribution in [3.8, 4) is 28.4 Å². The number of aromatic nitrogens is 4. The van der Waals surface area contributed by atoms with Crippen molar-refractivity contribution in [2.45, 2.75) is 104 Å². The fraction of sp³-hybridized carbons (Fsp3) is 0.465. The lowest BCUT2D eigenvalue weighted by Crippen LogP contribution is -2.56. The topological polar surface area (TPSA) is 107 Å². The van der Waals surface area contributed by atoms with Crippen LogP contribution >= 0.6 is 0 Å². The van der Waals surface area contributed by atoms with Crippen LogP contribution in [0.15, 0.2) is 60.7 Å². The van der Waals surface area contributed by atoms with Crippen LogP contribution < -0.4 is 4.74 Å². The van der Waals surface area contributed by atoms with E-state index in [4.69, 9.17) is 24.3 Å². The van der Waals surface area contributed by atoms with Crippen molar-refractivity contribution in [2.75, 3.05) is 26.3 Å². The number of urea groups is 1. The van der Waals surface area contributed by atoms with Gasteiger partial charge in [0.25, 0.3) is 0 Å². The van der Waals surface area contributed by atoms with Crippen molar-refractivity contribution in [1.82, 2.24) is 29.1 Å². The number of rotatable bonds is 16. The van der Waals surface area contributed by atoms with Crippen molar-refractivity contribution in [2.24, 2.45) is 0 Å². The average molecular weight is 813 g/mol. The van der Waals surface area contributed by atoms with Gasteiger partial charge in [-0.05, 0) is 65.0 Å². The molecule has 0 aliphatic carbocycles. The van der Waals surface area contributed by atoms with Gasteiger partial charge in [-0.1, -0.05) is 82.6 Å². The first-order valence-electron chi connectivity index (χ1n) is 20.1. The Kier molecular flexibility index (Phi) is 12.1. The molecule has 2 amide bonds. The zero-order valence-electron chi connectivity index (χ0n) is 34.5. The van der Waals surface area contributed by atoms with Crippen LogP contribution in [0.5, 0.6) is 5.75 Å². The number of hydrogen-bond donors (Lipinski definition) is 1. The highest BCUT2D eigenvalue weighted by Gasteiger charge is 2.37. The van der Waals surface area contributed by atoms with Crippen molar-refractivity contribution in [3.05, 3.63) is 89.0 Å². The number of aliphatic hydroxyl groups excluding tert-OH is 1. The molecule has 0 spiro atoms. The maximum Gasteiger partial charge on any atom is 0.320 e. The van der Waals surface area contributed by atoms with Crippen molar-refractivity contribution >= 4 is 33.1 Å². The predicted octanol–water partition coefficient (Wildman–Crippen LogP) is 8.58. The molecule has 57 heavy (non-hydrogen) atoms. The molecule has 3 aromatic carbocycles. The maximum absolute atomic E-state index is 15.7. The molecule has 14 heteroatoms. The Labute approximate surface area is 337 Å². The van der Waals surface area contributed by atoms with Crippen LogP contribution in [-0.2, 0) is 49.1 Å². The number of carbonyl (C=O) groups is 1. The van der Waals surface area contributed by atoms with Gasteiger partial charge in [0, 0.05) is 34.7 Å². The number of carbonyl (C=O) groups excluding carboxylic acids is 1. The molecule has 2 aromatic heterocycles. The molecule has 11 nitrogen and oxygen atoms in total. The van der Waals surface area contributed by atoms with Crippen LogP contribution in [0.4, 0.5) is 9.18 Å². The lowest BCUT2D eigenvalue weighted by atomic mass is 9.96. The summed E-state index contributed by atoms with van der Waals surface area (Å²) < 4.78 is 38.3. The zero-order valence-corrected chi connectivity index (χ0v) is 36.5. The molecule has 0 unspecified atom stereocenters. The zero-order chi connectivity index (χ0) is 40.5. The second-order valence-electron chi connectivity index (χ2n) is 17.8. The van der Waals surface area contributed by atoms with E-state index in [1.807, 2.05) is 53.2 Å². The summed E-state index contributed by atoms with van der Waals surface area (Å²) in [6, 6.07) is 21.3. The summed E-state index contributed by atoms with van der Waals surface area (Å²) in [6.07, 6.45) is 0.227. The molecule has 4 heterocycles. The summed E-state index contributed by atoms with van der Waals surface area (Å²) >= 11 is 0. The number of imidazole rings is 1. The summed E-state index contributed by atoms with van der Waals surface area (Å²) in [5.41, 5.74) is 6.91. The molecule has 0 saturated carbocycles. The van der Waals surface area contributed by atoms with Crippen LogP contribution in [0.1, 0.15) is 29.4 Å². The van der Waals surface area contributed by atoms with Crippen LogP contribution in [0.25, 0.3) is 33.5 Å². The summed E-state index contributed by atoms with van der Waals surface area (Å²) in [7, 11) is -2.66. The van der Waals surface area contributed by atoms with Gasteiger partial charge in [-0.15, -0.1) is 0 Å². The number of aryl methyl sites for hydroxylation is 1. The fourth-order valence-electron chi connectivity index (χ4n) is 7.19. The van der Waals surface area contributed by atoms with Gasteiger partial charge in [0.05, 0.1) is 49.2 Å². The van der Waals surface area contributed by atoms with Gasteiger partial charge in [0.15, 0.2) is 17.4 Å². The SMILES string of the molecule is CCc1cc(OCc2ccccc2)c(F)cc1-c1ccc2c(-c3nc4c(n3COCC[Si](C)(C)C)CN(C(=O)N3CC(O)C3)C4)nn(COCC[Si](C)(C)C)c2c1. The number of fused-ring (bicyclic) bond motifs is 2. The smallest absolute Gasteiger partial charge is 0.320 e. The molecule has 1 fully saturated rings. The van der Waals surface area contributed by atoms with Gasteiger partial charge in [-0.25, -0.2) is 18.9 Å². The Morgan fingerprint density at radius 2 is 1.60 bits per heavy atom. The standard InChI is InChI=1S/C43H57FN6O5Si2/c1-8-31-21-40(55-27-30-12-10-9-11-13-30)36(44)22-35(31)32-14-15-34-38(20-32)50(29-54-17-19-57(5,6)7)46-41(34)42-45-37-25-48(43(52)47-23-33(51)24-47)26-39(37)49(42)28-53-16-18-56(2,3)4/h9-15,20-22,33,51H,8,16-19,23-29H2,1-7H3. The molecule has 2 aliphatic heterocycles. The van der Waals surface area contributed by atoms with Crippen molar-refractivity contribution in [1.29, 1.82) is 0 Å². The van der Waals surface area contributed by atoms with E-state index in [0.29, 0.717) is 57.3 Å². The second-order valence-corrected chi connectivity index (χ2v) is 29.0. The molecule has 0 bridgehead atoms. The number of nitrogens with zero attached hydrogens (tertiary/aromatic N) is 6. The monoisotopic (exact) mass is 812 g/mol. The highest BCUT2D eigenvalue weighted by atomic mass is 28.3. The number of aliphatic hydroxyl groups is 1. The Hall–Kier alpha value is -4.35. The van der Waals surface area contributed by atoms with Crippen LogP contribution in [0.3, 0.4) is 0 Å². The van der Waals surface area contributed by atoms with E-state index in [1.165, 1.54) is 0 Å². The fourth-order valence-corrected chi connectivity index (χ4v) is 8.71. The average Bonchev–Trinajstić information content (AvgIpc) is 3.83. The maximum atomic E-state index is 15.7. The molecule has 2 aliphatic rings. The minimum atomic E-state index is -1.33. The molecular weight excluding hydrogens is 756 g/mol. The molecule has 5 aromatic rings. The van der Waals surface area contributed by atoms with Crippen LogP contribution in [-0.4, -0.2) is 88.8 Å². The predicted molar refractivity (Wildman–Crippen MR) is 227 cm³/mol. The third kappa shape index (κ3) is 9.52. The Balaban J connectivity index is 1.24. The van der Waals surface area contributed by atoms with Gasteiger partial charge < -0.3 is 33.7 Å². The number of likely N-dealkylation sites (tertiary alicyclic amines) is 1. The lowest BCUT2D eigenvalue weighted by molar-refractivity contribution is 0.0142. The van der Waals surface area contributed by atoms with E-state index in [9.17, 15) is 9.90 Å². The molecule has 1 N–H and O–H groups in total. The summed E-state index contributed by atoms with van der Waals surface area (Å²) in [5.74, 6) is 0.502. The largest absolute Gasteiger partial charge is 0.486 e. The minimum absolute atomic E-state index is 0.0950. The van der Waals surface area contributed by atoms with Gasteiger partial charge >= 0.3 is 6.03 Å². The molecule has 7 rings (SSSR count). The lowest BCUT2D eigenvalue weighted by Gasteiger charge is -2.38. The van der Waals surface area contributed by atoms with E-state index in [1.54, 1.807) is 15.9 Å². The van der Waals surface area contributed by atoms with Crippen LogP contribution in [0, 0.1) is 5.82 Å². The van der Waals surface area contributed by atoms with E-state index in [2.05, 4.69) is 56.8 Å². The number of halogens is 1. The molecule has 304 valence electrons. The third-order valence-electron chi connectivity index (χ3n) is 10.7. The number of hydrogen-bond acceptors (Lipinski definition) is 7. The first kappa shape index (κ1) is 40.8. The van der Waals surface area contributed by atoms with E-state index in [0.717, 1.165) is 56.6 Å². The highest BCUT2D eigenvalue weighted by molar-refractivity contribution is 6.76. The van der Waals surface area contributed by atoms with Crippen molar-refractivity contribution < 1.29 is 28.5 Å². The normalized spacial score (nSPS) is 14.8. The van der Waals surface area contributed by atoms with E-state index >= 15 is 4.39 Å². The summed E-state index contributed by atoms with van der Waals surface area (Å²) in [5, 5.41) is 15.9. The van der Waals surface area contributed by atoms with Crippen molar-refractivity contribution in [3.63, 3.8) is 0 Å². The van der Waals surface area contributed by atoms with Gasteiger partial charge in [0.1, 0.15) is 25.8 Å². The van der Waals surface area contributed by atoms with Gasteiger partial charge in [-0.2, -0.15) is 5.10 Å². The molecular formula is C43H57FN6O5Si2. The van der Waals surface area contributed by atoms with Crippen LogP contribution in [0.2, 0.25) is 51.4 Å². The quantitative estimate of drug-likeness (QED) is 0.0786. The molecule has 0 atom stereocenters. The number of β-amino-alcohol motifs (C(OH)–C–C–N with tert-alkyl or cyclic N) is 1. The Morgan fingerprint density at radius 3 is 2.26 bits per heavy atom. The van der Waals surface area contributed by atoms with Gasteiger partial charge in [-0.3, -0.25) is 0 Å². The number of amides is 2. The first-order chi connectivity index (χ1) is 27.2. The Bertz CT molecular complexity index is 2210. The third-order valence-corrected chi connectivity index (χ3v) is 14.1. The second kappa shape index (κ2) is 16.9. The minimum Gasteiger partial charge on any atom is -0.486 e. The first-order valence-corrected chi connectivity index (χ1v) is 27.5. The molecule has 0 radical (unpaired) electrons.